The summed E-state index contributed by atoms with van der Waals surface area (Å²) in [4.78, 5) is 2.28. The molecule has 0 aliphatic heterocycles. The van der Waals surface area contributed by atoms with E-state index in [-0.39, 0.29) is 0 Å². The maximum atomic E-state index is 5.28. The summed E-state index contributed by atoms with van der Waals surface area (Å²) >= 11 is 0. The van der Waals surface area contributed by atoms with E-state index >= 15 is 0 Å². The van der Waals surface area contributed by atoms with Crippen molar-refractivity contribution in [3.63, 3.8) is 0 Å². The van der Waals surface area contributed by atoms with Gasteiger partial charge in [-0.25, -0.2) is 0 Å². The quantitative estimate of drug-likeness (QED) is 0.807. The Bertz CT molecular complexity index is 505. The van der Waals surface area contributed by atoms with E-state index in [1.807, 2.05) is 12.1 Å². The van der Waals surface area contributed by atoms with Crippen molar-refractivity contribution in [2.75, 3.05) is 25.0 Å². The fraction of sp³-hybridized carbons (Fsp3) is 0.375. The highest BCUT2D eigenvalue weighted by atomic mass is 16.3. The van der Waals surface area contributed by atoms with Crippen molar-refractivity contribution >= 4 is 5.69 Å². The predicted octanol–water partition coefficient (Wildman–Crippen LogP) is 3.12. The number of hydrogen-bond acceptors (Lipinski definition) is 3. The van der Waals surface area contributed by atoms with Crippen molar-refractivity contribution in [3.05, 3.63) is 53.5 Å². The maximum Gasteiger partial charge on any atom is 0.117 e. The van der Waals surface area contributed by atoms with Crippen LogP contribution in [-0.4, -0.2) is 20.1 Å². The molecule has 1 aromatic carbocycles. The molecule has 1 aromatic heterocycles. The lowest BCUT2D eigenvalue weighted by Gasteiger charge is -2.21. The van der Waals surface area contributed by atoms with Crippen molar-refractivity contribution in [2.24, 2.45) is 0 Å². The number of furan rings is 1. The summed E-state index contributed by atoms with van der Waals surface area (Å²) in [6.07, 6.45) is 1.71. The van der Waals surface area contributed by atoms with Gasteiger partial charge < -0.3 is 14.6 Å². The maximum absolute atomic E-state index is 5.28. The molecule has 0 aliphatic rings. The fourth-order valence-electron chi connectivity index (χ4n) is 2.23. The van der Waals surface area contributed by atoms with Gasteiger partial charge in [-0.3, -0.25) is 0 Å². The lowest BCUT2D eigenvalue weighted by molar-refractivity contribution is 0.484. The molecule has 0 bridgehead atoms. The summed E-state index contributed by atoms with van der Waals surface area (Å²) in [5.41, 5.74) is 3.93. The fourth-order valence-corrected chi connectivity index (χ4v) is 2.23. The van der Waals surface area contributed by atoms with E-state index in [1.54, 1.807) is 6.26 Å². The SMILES string of the molecule is Cc1ccc(N(C)CCNCc2ccco2)c(C)c1. The van der Waals surface area contributed by atoms with Gasteiger partial charge in [-0.05, 0) is 37.6 Å². The van der Waals surface area contributed by atoms with Crippen molar-refractivity contribution in [3.8, 4) is 0 Å². The number of rotatable bonds is 6. The average molecular weight is 258 g/mol. The van der Waals surface area contributed by atoms with E-state index in [9.17, 15) is 0 Å². The molecule has 0 saturated carbocycles. The van der Waals surface area contributed by atoms with E-state index < -0.39 is 0 Å². The number of nitrogens with zero attached hydrogens (tertiary/aromatic N) is 1. The van der Waals surface area contributed by atoms with E-state index in [1.165, 1.54) is 16.8 Å². The minimum Gasteiger partial charge on any atom is -0.468 e. The lowest BCUT2D eigenvalue weighted by atomic mass is 10.1. The Balaban J connectivity index is 1.79. The van der Waals surface area contributed by atoms with Gasteiger partial charge in [-0.1, -0.05) is 17.7 Å². The Morgan fingerprint density at radius 1 is 1.21 bits per heavy atom. The summed E-state index contributed by atoms with van der Waals surface area (Å²) in [6.45, 7) is 6.99. The van der Waals surface area contributed by atoms with Gasteiger partial charge in [0.05, 0.1) is 12.8 Å². The molecule has 0 amide bonds. The first-order valence-corrected chi connectivity index (χ1v) is 6.68. The molecule has 2 aromatic rings. The van der Waals surface area contributed by atoms with Crippen LogP contribution in [0.5, 0.6) is 0 Å². The topological polar surface area (TPSA) is 28.4 Å². The molecule has 102 valence electrons. The molecule has 0 radical (unpaired) electrons. The molecule has 1 heterocycles. The van der Waals surface area contributed by atoms with Crippen LogP contribution >= 0.6 is 0 Å². The third-order valence-electron chi connectivity index (χ3n) is 3.27. The average Bonchev–Trinajstić information content (AvgIpc) is 2.87. The molecule has 0 atom stereocenters. The number of hydrogen-bond donors (Lipinski definition) is 1. The molecule has 1 N–H and O–H groups in total. The van der Waals surface area contributed by atoms with Crippen LogP contribution in [0.4, 0.5) is 5.69 Å². The number of likely N-dealkylation sites (N-methyl/N-ethyl adjacent to an activating group) is 1. The zero-order chi connectivity index (χ0) is 13.7. The van der Waals surface area contributed by atoms with Crippen LogP contribution in [0.1, 0.15) is 16.9 Å². The van der Waals surface area contributed by atoms with E-state index in [0.29, 0.717) is 0 Å². The standard InChI is InChI=1S/C16H22N2O/c1-13-6-7-16(14(2)11-13)18(3)9-8-17-12-15-5-4-10-19-15/h4-7,10-11,17H,8-9,12H2,1-3H3. The summed E-state index contributed by atoms with van der Waals surface area (Å²) in [7, 11) is 2.13. The van der Waals surface area contributed by atoms with Gasteiger partial charge in [0, 0.05) is 25.8 Å². The highest BCUT2D eigenvalue weighted by Gasteiger charge is 2.04. The normalized spacial score (nSPS) is 10.7. The number of nitrogens with one attached hydrogen (secondary N) is 1. The Kier molecular flexibility index (Phi) is 4.63. The second kappa shape index (κ2) is 6.43. The molecule has 0 fully saturated rings. The highest BCUT2D eigenvalue weighted by molar-refractivity contribution is 5.53. The van der Waals surface area contributed by atoms with Gasteiger partial charge in [0.1, 0.15) is 5.76 Å². The summed E-state index contributed by atoms with van der Waals surface area (Å²) in [5.74, 6) is 0.981. The first kappa shape index (κ1) is 13.7. The first-order valence-electron chi connectivity index (χ1n) is 6.68. The lowest BCUT2D eigenvalue weighted by Crippen LogP contribution is -2.29. The van der Waals surface area contributed by atoms with Crippen LogP contribution in [0.15, 0.2) is 41.0 Å². The van der Waals surface area contributed by atoms with Gasteiger partial charge in [0.15, 0.2) is 0 Å². The highest BCUT2D eigenvalue weighted by Crippen LogP contribution is 2.19. The molecule has 3 heteroatoms. The van der Waals surface area contributed by atoms with Crippen LogP contribution in [0.25, 0.3) is 0 Å². The van der Waals surface area contributed by atoms with Crippen molar-refractivity contribution in [1.82, 2.24) is 5.32 Å². The van der Waals surface area contributed by atoms with E-state index in [4.69, 9.17) is 4.42 Å². The molecule has 0 aliphatic carbocycles. The van der Waals surface area contributed by atoms with E-state index in [2.05, 4.69) is 49.3 Å². The molecule has 3 nitrogen and oxygen atoms in total. The van der Waals surface area contributed by atoms with Crippen LogP contribution in [0.3, 0.4) is 0 Å². The largest absolute Gasteiger partial charge is 0.468 e. The third-order valence-corrected chi connectivity index (χ3v) is 3.27. The van der Waals surface area contributed by atoms with Crippen LogP contribution < -0.4 is 10.2 Å². The second-order valence-corrected chi connectivity index (χ2v) is 4.97. The summed E-state index contributed by atoms with van der Waals surface area (Å²) in [6, 6.07) is 10.5. The van der Waals surface area contributed by atoms with Crippen molar-refractivity contribution in [2.45, 2.75) is 20.4 Å². The molecule has 19 heavy (non-hydrogen) atoms. The first-order chi connectivity index (χ1) is 9.16. The van der Waals surface area contributed by atoms with Gasteiger partial charge >= 0.3 is 0 Å². The van der Waals surface area contributed by atoms with Crippen molar-refractivity contribution in [1.29, 1.82) is 0 Å². The molecule has 2 rings (SSSR count). The van der Waals surface area contributed by atoms with Gasteiger partial charge in [-0.15, -0.1) is 0 Å². The minimum absolute atomic E-state index is 0.785. The summed E-state index contributed by atoms with van der Waals surface area (Å²) < 4.78 is 5.28. The molecule has 0 spiro atoms. The Morgan fingerprint density at radius 3 is 2.74 bits per heavy atom. The van der Waals surface area contributed by atoms with Crippen molar-refractivity contribution < 1.29 is 4.42 Å². The third kappa shape index (κ3) is 3.86. The van der Waals surface area contributed by atoms with Gasteiger partial charge in [0.25, 0.3) is 0 Å². The molecule has 0 saturated heterocycles. The molecular weight excluding hydrogens is 236 g/mol. The summed E-state index contributed by atoms with van der Waals surface area (Å²) in [5, 5.41) is 3.38. The Labute approximate surface area is 115 Å². The zero-order valence-corrected chi connectivity index (χ0v) is 11.9. The van der Waals surface area contributed by atoms with Gasteiger partial charge in [0.2, 0.25) is 0 Å². The minimum atomic E-state index is 0.785. The van der Waals surface area contributed by atoms with Crippen LogP contribution in [0, 0.1) is 13.8 Å². The number of aryl methyl sites for hydroxylation is 2. The predicted molar refractivity (Wildman–Crippen MR) is 79.6 cm³/mol. The van der Waals surface area contributed by atoms with Gasteiger partial charge in [-0.2, -0.15) is 0 Å². The monoisotopic (exact) mass is 258 g/mol. The molecular formula is C16H22N2O. The van der Waals surface area contributed by atoms with E-state index in [0.717, 1.165) is 25.4 Å². The number of anilines is 1. The van der Waals surface area contributed by atoms with Crippen LogP contribution in [-0.2, 0) is 6.54 Å². The smallest absolute Gasteiger partial charge is 0.117 e. The number of benzene rings is 1. The zero-order valence-electron chi connectivity index (χ0n) is 11.9. The Morgan fingerprint density at radius 2 is 2.05 bits per heavy atom. The van der Waals surface area contributed by atoms with Crippen LogP contribution in [0.2, 0.25) is 0 Å². The second-order valence-electron chi connectivity index (χ2n) is 4.97. The molecule has 0 unspecified atom stereocenters. The Hall–Kier alpha value is -1.74.